The highest BCUT2D eigenvalue weighted by molar-refractivity contribution is 6.24. The van der Waals surface area contributed by atoms with Gasteiger partial charge >= 0.3 is 0 Å². The predicted molar refractivity (Wildman–Crippen MR) is 281 cm³/mol. The highest BCUT2D eigenvalue weighted by Gasteiger charge is 2.26. The van der Waals surface area contributed by atoms with Crippen LogP contribution in [0.5, 0.6) is 0 Å². The van der Waals surface area contributed by atoms with Gasteiger partial charge in [0.1, 0.15) is 0 Å². The van der Waals surface area contributed by atoms with Gasteiger partial charge in [0.2, 0.25) is 5.95 Å². The van der Waals surface area contributed by atoms with Gasteiger partial charge in [-0.25, -0.2) is 4.98 Å². The Labute approximate surface area is 400 Å². The van der Waals surface area contributed by atoms with Gasteiger partial charge in [-0.2, -0.15) is 9.97 Å². The fraction of sp³-hybridized carbons (Fsp3) is 0. The van der Waals surface area contributed by atoms with E-state index >= 15 is 0 Å². The van der Waals surface area contributed by atoms with E-state index in [9.17, 15) is 2.74 Å². The molecule has 0 fully saturated rings. The lowest BCUT2D eigenvalue weighted by Crippen LogP contribution is -2.07. The number of hydrogen-bond acceptors (Lipinski definition) is 3. The normalized spacial score (nSPS) is 12.6. The average molecular weight is 873 g/mol. The van der Waals surface area contributed by atoms with Crippen molar-refractivity contribution in [1.29, 1.82) is 0 Å². The smallest absolute Gasteiger partial charge is 0.238 e. The molecular weight excluding hydrogens is 827 g/mol. The molecule has 0 aliphatic heterocycles. The van der Waals surface area contributed by atoms with Crippen molar-refractivity contribution in [3.05, 3.63) is 249 Å². The fourth-order valence-corrected chi connectivity index (χ4v) is 9.77. The van der Waals surface area contributed by atoms with Crippen LogP contribution in [0.3, 0.4) is 0 Å². The number of hydrogen-bond donors (Lipinski definition) is 0. The zero-order chi connectivity index (χ0) is 49.3. The molecule has 0 N–H and O–H groups in total. The fourth-order valence-electron chi connectivity index (χ4n) is 9.77. The van der Waals surface area contributed by atoms with Crippen LogP contribution in [-0.2, 0) is 0 Å². The van der Waals surface area contributed by atoms with Crippen LogP contribution >= 0.6 is 0 Å². The maximum atomic E-state index is 9.33. The van der Waals surface area contributed by atoms with Crippen molar-refractivity contribution in [3.63, 3.8) is 0 Å². The minimum Gasteiger partial charge on any atom is -0.306 e. The number of rotatable bonds is 8. The summed E-state index contributed by atoms with van der Waals surface area (Å²) in [6.07, 6.45) is 0. The monoisotopic (exact) mass is 872 g/mol. The molecule has 0 spiro atoms. The van der Waals surface area contributed by atoms with Gasteiger partial charge in [0.05, 0.1) is 34.6 Å². The molecule has 0 amide bonds. The van der Waals surface area contributed by atoms with E-state index in [1.54, 1.807) is 0 Å². The van der Waals surface area contributed by atoms with Gasteiger partial charge < -0.3 is 4.57 Å². The molecule has 0 atom stereocenters. The Morgan fingerprint density at radius 1 is 0.294 bits per heavy atom. The number of benzene rings is 10. The third-order valence-corrected chi connectivity index (χ3v) is 12.9. The van der Waals surface area contributed by atoms with Crippen LogP contribution in [0.25, 0.3) is 123 Å². The van der Waals surface area contributed by atoms with Crippen LogP contribution < -0.4 is 0 Å². The van der Waals surface area contributed by atoms with E-state index in [4.69, 9.17) is 19.1 Å². The standard InChI is InChI=1S/C63H41N5/c1-5-18-42(19-6-1)44-32-36-48(37-33-44)61-64-62(49-38-34-45(35-39-49)43-20-7-2-8-21-43)66-63(65-61)68-57-31-16-14-27-53(57)55-41-40-54-52-26-13-15-30-56(52)67(59(54)60(55)68)58-50(46-22-9-3-10-23-46)28-17-29-51(58)47-24-11-4-12-25-47/h1-41H/i3D,9D,10D,22D,23D. The number of para-hydroxylation sites is 3. The molecule has 5 nitrogen and oxygen atoms in total. The van der Waals surface area contributed by atoms with Crippen LogP contribution in [0.2, 0.25) is 0 Å². The molecule has 13 rings (SSSR count). The van der Waals surface area contributed by atoms with E-state index in [2.05, 4.69) is 118 Å². The SMILES string of the molecule is [2H]c1c([2H])c([2H])c(-c2cccc(-c3ccccc3)c2-n2c3ccccc3c3ccc4c5ccccc5n(-c5nc(-c6ccc(-c7ccccc7)cc6)nc(-c6ccc(-c7ccccc7)cc6)n5)c4c32)c([2H])c1[2H]. The molecule has 0 saturated carbocycles. The second-order valence-corrected chi connectivity index (χ2v) is 16.8. The Hall–Kier alpha value is -9.19. The summed E-state index contributed by atoms with van der Waals surface area (Å²) in [5.74, 6) is 1.42. The summed E-state index contributed by atoms with van der Waals surface area (Å²) < 4.78 is 49.2. The summed E-state index contributed by atoms with van der Waals surface area (Å²) in [5.41, 5.74) is 12.4. The predicted octanol–water partition coefficient (Wildman–Crippen LogP) is 16.1. The summed E-state index contributed by atoms with van der Waals surface area (Å²) >= 11 is 0. The van der Waals surface area contributed by atoms with Gasteiger partial charge in [0.25, 0.3) is 0 Å². The Balaban J connectivity index is 1.15. The lowest BCUT2D eigenvalue weighted by atomic mass is 9.95. The van der Waals surface area contributed by atoms with Crippen LogP contribution in [0.15, 0.2) is 249 Å². The maximum absolute atomic E-state index is 9.33. The van der Waals surface area contributed by atoms with Crippen molar-refractivity contribution >= 4 is 43.6 Å². The summed E-state index contributed by atoms with van der Waals surface area (Å²) in [4.78, 5) is 16.0. The minimum atomic E-state index is -0.446. The second kappa shape index (κ2) is 16.4. The molecule has 0 saturated heterocycles. The first kappa shape index (κ1) is 34.2. The highest BCUT2D eigenvalue weighted by atomic mass is 15.2. The summed E-state index contributed by atoms with van der Waals surface area (Å²) in [5, 5.41) is 3.86. The van der Waals surface area contributed by atoms with E-state index in [1.165, 1.54) is 0 Å². The number of nitrogens with zero attached hydrogens (tertiary/aromatic N) is 5. The first-order chi connectivity index (χ1) is 35.8. The van der Waals surface area contributed by atoms with E-state index in [1.807, 2.05) is 109 Å². The van der Waals surface area contributed by atoms with Gasteiger partial charge in [-0.1, -0.05) is 236 Å². The van der Waals surface area contributed by atoms with Crippen LogP contribution in [0.1, 0.15) is 6.85 Å². The van der Waals surface area contributed by atoms with E-state index in [0.29, 0.717) is 28.8 Å². The molecule has 10 aromatic carbocycles. The molecule has 0 radical (unpaired) electrons. The van der Waals surface area contributed by atoms with Crippen LogP contribution in [0.4, 0.5) is 0 Å². The Kier molecular flexibility index (Phi) is 8.22. The molecule has 3 aromatic heterocycles. The molecule has 0 bridgehead atoms. The lowest BCUT2D eigenvalue weighted by Gasteiger charge is -2.20. The van der Waals surface area contributed by atoms with Crippen molar-refractivity contribution in [3.8, 4) is 78.9 Å². The van der Waals surface area contributed by atoms with Crippen molar-refractivity contribution in [2.45, 2.75) is 0 Å². The molecular formula is C63H41N5. The number of fused-ring (bicyclic) bond motifs is 7. The zero-order valence-corrected chi connectivity index (χ0v) is 36.5. The summed E-state index contributed by atoms with van der Waals surface area (Å²) in [7, 11) is 0. The Morgan fingerprint density at radius 2 is 0.706 bits per heavy atom. The third kappa shape index (κ3) is 6.59. The van der Waals surface area contributed by atoms with Crippen molar-refractivity contribution in [2.24, 2.45) is 0 Å². The van der Waals surface area contributed by atoms with Gasteiger partial charge in [-0.05, 0) is 45.5 Å². The Morgan fingerprint density at radius 3 is 1.24 bits per heavy atom. The summed E-state index contributed by atoms with van der Waals surface area (Å²) in [6, 6.07) is 72.1. The van der Waals surface area contributed by atoms with E-state index < -0.39 is 18.1 Å². The molecule has 0 aliphatic carbocycles. The molecule has 5 heteroatoms. The average Bonchev–Trinajstić information content (AvgIpc) is 3.98. The quantitative estimate of drug-likeness (QED) is 0.153. The topological polar surface area (TPSA) is 48.5 Å². The van der Waals surface area contributed by atoms with Crippen LogP contribution in [0, 0.1) is 0 Å². The van der Waals surface area contributed by atoms with Gasteiger partial charge in [0.15, 0.2) is 11.6 Å². The lowest BCUT2D eigenvalue weighted by molar-refractivity contribution is 0.953. The van der Waals surface area contributed by atoms with Gasteiger partial charge in [0, 0.05) is 43.8 Å². The molecule has 0 aliphatic rings. The molecule has 0 unspecified atom stereocenters. The summed E-state index contributed by atoms with van der Waals surface area (Å²) in [6.45, 7) is 0. The largest absolute Gasteiger partial charge is 0.306 e. The van der Waals surface area contributed by atoms with Crippen molar-refractivity contribution in [2.75, 3.05) is 0 Å². The maximum Gasteiger partial charge on any atom is 0.238 e. The molecule has 13 aromatic rings. The zero-order valence-electron chi connectivity index (χ0n) is 41.5. The first-order valence-electron chi connectivity index (χ1n) is 25.1. The highest BCUT2D eigenvalue weighted by Crippen LogP contribution is 2.45. The van der Waals surface area contributed by atoms with Gasteiger partial charge in [-0.3, -0.25) is 4.57 Å². The van der Waals surface area contributed by atoms with Crippen LogP contribution in [-0.4, -0.2) is 24.1 Å². The number of aromatic nitrogens is 5. The minimum absolute atomic E-state index is 0.112. The van der Waals surface area contributed by atoms with E-state index in [0.717, 1.165) is 88.1 Å². The molecule has 68 heavy (non-hydrogen) atoms. The molecule has 3 heterocycles. The third-order valence-electron chi connectivity index (χ3n) is 12.9. The second-order valence-electron chi connectivity index (χ2n) is 16.8. The van der Waals surface area contributed by atoms with Crippen molar-refractivity contribution < 1.29 is 6.85 Å². The van der Waals surface area contributed by atoms with Gasteiger partial charge in [-0.15, -0.1) is 0 Å². The van der Waals surface area contributed by atoms with E-state index in [-0.39, 0.29) is 17.6 Å². The Bertz CT molecular complexity index is 4160. The van der Waals surface area contributed by atoms with Crippen molar-refractivity contribution in [1.82, 2.24) is 24.1 Å². The molecule has 318 valence electrons. The first-order valence-corrected chi connectivity index (χ1v) is 22.6.